The Balaban J connectivity index is -0.000000372. The number of hydrogen-bond acceptors (Lipinski definition) is 10. The summed E-state index contributed by atoms with van der Waals surface area (Å²) >= 11 is 0. The van der Waals surface area contributed by atoms with Crippen LogP contribution in [0.2, 0.25) is 0 Å². The van der Waals surface area contributed by atoms with Crippen molar-refractivity contribution in [3.8, 4) is 0 Å². The van der Waals surface area contributed by atoms with Gasteiger partial charge in [-0.05, 0) is 121 Å². The van der Waals surface area contributed by atoms with E-state index < -0.39 is 48.7 Å². The summed E-state index contributed by atoms with van der Waals surface area (Å²) in [6, 6.07) is 0. The molecule has 470 valence electrons. The smallest absolute Gasteiger partial charge is 0.550 e. The molecule has 85 heavy (non-hydrogen) atoms. The van der Waals surface area contributed by atoms with E-state index in [1.165, 1.54) is 6.92 Å². The fourth-order valence-electron chi connectivity index (χ4n) is 6.83. The maximum absolute atomic E-state index is 11.7. The van der Waals surface area contributed by atoms with Crippen LogP contribution in [-0.4, -0.2) is 76.0 Å². The number of esters is 2. The Labute approximate surface area is 529 Å². The van der Waals surface area contributed by atoms with Crippen LogP contribution in [-0.2, 0) is 23.9 Å². The zero-order valence-corrected chi connectivity index (χ0v) is 51.7. The first kappa shape index (κ1) is 87.9. The quantitative estimate of drug-likeness (QED) is 0.0199. The molecule has 0 aromatic carbocycles. The zero-order chi connectivity index (χ0) is 60.8. The van der Waals surface area contributed by atoms with Crippen molar-refractivity contribution < 1.29 is 68.3 Å². The molecule has 0 aromatic heterocycles. The number of allylic oxidation sites excluding steroid dienone is 33. The van der Waals surface area contributed by atoms with Crippen molar-refractivity contribution >= 4 is 17.9 Å². The zero-order valence-electron chi connectivity index (χ0n) is 51.7. The molecule has 1 heterocycles. The molecule has 0 radical (unpaired) electrons. The van der Waals surface area contributed by atoms with Crippen molar-refractivity contribution in [3.63, 3.8) is 0 Å². The van der Waals surface area contributed by atoms with Crippen LogP contribution in [0.5, 0.6) is 0 Å². The Morgan fingerprint density at radius 2 is 0.800 bits per heavy atom. The van der Waals surface area contributed by atoms with Gasteiger partial charge in [0.25, 0.3) is 0 Å². The number of aliphatic hydroxyl groups excluding tert-OH is 4. The van der Waals surface area contributed by atoms with Crippen molar-refractivity contribution in [2.75, 3.05) is 13.2 Å². The van der Waals surface area contributed by atoms with E-state index in [9.17, 15) is 34.8 Å². The largest absolute Gasteiger partial charge is 1.00 e. The van der Waals surface area contributed by atoms with E-state index in [2.05, 4.69) is 173 Å². The van der Waals surface area contributed by atoms with Gasteiger partial charge < -0.3 is 39.8 Å². The van der Waals surface area contributed by atoms with Crippen LogP contribution in [0.1, 0.15) is 172 Å². The van der Waals surface area contributed by atoms with Crippen molar-refractivity contribution in [1.82, 2.24) is 0 Å². The SMILES string of the molecule is C.C.CC/C=C\C/C=C\C/C=C\C/C=C\C/C=C\C=C\C(O)CC(C)C(=O)OCC(O)CO.CC/C=C\C/C=C\C/C=C\C/C=C\C/C=C\C=C\C(O)CC(C)C(=O)[O-].CC/C=C\C/C=C\C/C=C\C/C=C\C/C=C\C=C\C1CC(C)C(=O)O1.[Li+]. The first-order valence-corrected chi connectivity index (χ1v) is 29.8. The van der Waals surface area contributed by atoms with Gasteiger partial charge in [0, 0.05) is 12.4 Å². The number of aliphatic carboxylic acids is 1. The van der Waals surface area contributed by atoms with Gasteiger partial charge in [-0.2, -0.15) is 0 Å². The van der Waals surface area contributed by atoms with Crippen LogP contribution in [0.15, 0.2) is 219 Å². The van der Waals surface area contributed by atoms with Gasteiger partial charge in [0.2, 0.25) is 0 Å². The second kappa shape index (κ2) is 68.9. The van der Waals surface area contributed by atoms with Gasteiger partial charge in [0.15, 0.2) is 0 Å². The fourth-order valence-corrected chi connectivity index (χ4v) is 6.83. The van der Waals surface area contributed by atoms with Crippen LogP contribution in [0.3, 0.4) is 0 Å². The average Bonchev–Trinajstić information content (AvgIpc) is 3.79. The summed E-state index contributed by atoms with van der Waals surface area (Å²) < 4.78 is 10.1. The third-order valence-electron chi connectivity index (χ3n) is 11.6. The van der Waals surface area contributed by atoms with E-state index in [1.807, 2.05) is 49.5 Å². The summed E-state index contributed by atoms with van der Waals surface area (Å²) in [6.07, 6.45) is 87.7. The first-order chi connectivity index (χ1) is 39.8. The molecule has 0 aliphatic carbocycles. The Morgan fingerprint density at radius 1 is 0.506 bits per heavy atom. The molecule has 7 atom stereocenters. The number of carbonyl (C=O) groups excluding carboxylic acids is 3. The Hall–Kier alpha value is -5.83. The number of carboxylic acids is 1. The molecule has 10 nitrogen and oxygen atoms in total. The Kier molecular flexibility index (Phi) is 71.3. The number of rotatable bonds is 42. The van der Waals surface area contributed by atoms with Crippen molar-refractivity contribution in [3.05, 3.63) is 219 Å². The number of carboxylic acid groups (broad SMARTS) is 1. The molecular formula is C74H113LiO10. The number of carbonyl (C=O) groups is 3. The molecule has 1 fully saturated rings. The molecule has 1 saturated heterocycles. The summed E-state index contributed by atoms with van der Waals surface area (Å²) in [7, 11) is 0. The summed E-state index contributed by atoms with van der Waals surface area (Å²) in [6.45, 7) is 10.8. The summed E-state index contributed by atoms with van der Waals surface area (Å²) in [5.74, 6) is -2.84. The molecule has 4 N–H and O–H groups in total. The van der Waals surface area contributed by atoms with E-state index in [-0.39, 0.29) is 71.2 Å². The summed E-state index contributed by atoms with van der Waals surface area (Å²) in [5.41, 5.74) is 0. The molecule has 0 amide bonds. The predicted octanol–water partition coefficient (Wildman–Crippen LogP) is 13.5. The van der Waals surface area contributed by atoms with Crippen LogP contribution in [0.4, 0.5) is 0 Å². The second-order valence-electron chi connectivity index (χ2n) is 19.5. The minimum atomic E-state index is -1.13. The van der Waals surface area contributed by atoms with Crippen LogP contribution < -0.4 is 24.0 Å². The van der Waals surface area contributed by atoms with Crippen molar-refractivity contribution in [1.29, 1.82) is 0 Å². The molecule has 0 saturated carbocycles. The van der Waals surface area contributed by atoms with Crippen molar-refractivity contribution in [2.24, 2.45) is 17.8 Å². The first-order valence-electron chi connectivity index (χ1n) is 29.8. The van der Waals surface area contributed by atoms with Crippen molar-refractivity contribution in [2.45, 2.75) is 196 Å². The molecule has 0 spiro atoms. The predicted molar refractivity (Wildman–Crippen MR) is 357 cm³/mol. The van der Waals surface area contributed by atoms with E-state index in [0.29, 0.717) is 0 Å². The van der Waals surface area contributed by atoms with E-state index in [1.54, 1.807) is 31.2 Å². The average molecular weight is 1170 g/mol. The maximum atomic E-state index is 11.7. The normalized spacial score (nSPS) is 17.0. The Morgan fingerprint density at radius 3 is 1.08 bits per heavy atom. The monoisotopic (exact) mass is 1170 g/mol. The maximum Gasteiger partial charge on any atom is 1.00 e. The molecule has 11 heteroatoms. The van der Waals surface area contributed by atoms with Gasteiger partial charge >= 0.3 is 30.8 Å². The number of ether oxygens (including phenoxy) is 2. The van der Waals surface area contributed by atoms with Gasteiger partial charge in [0.05, 0.1) is 30.7 Å². The molecule has 7 unspecified atom stereocenters. The molecule has 1 rings (SSSR count). The third-order valence-corrected chi connectivity index (χ3v) is 11.6. The number of cyclic esters (lactones) is 1. The number of hydrogen-bond donors (Lipinski definition) is 4. The van der Waals surface area contributed by atoms with Gasteiger partial charge in [-0.3, -0.25) is 9.59 Å². The van der Waals surface area contributed by atoms with Crippen LogP contribution >= 0.6 is 0 Å². The topological polar surface area (TPSA) is 174 Å². The minimum Gasteiger partial charge on any atom is -0.550 e. The molecule has 0 bridgehead atoms. The molecular weight excluding hydrogens is 1060 g/mol. The van der Waals surface area contributed by atoms with E-state index in [4.69, 9.17) is 14.6 Å². The van der Waals surface area contributed by atoms with Gasteiger partial charge in [0.1, 0.15) is 18.8 Å². The second-order valence-corrected chi connectivity index (χ2v) is 19.5. The molecule has 1 aliphatic rings. The third kappa shape index (κ3) is 65.6. The van der Waals surface area contributed by atoms with Gasteiger partial charge in [-0.1, -0.05) is 269 Å². The standard InChI is InChI=1S/C26H40O5.C23H34O3.C23H32O2.2CH4.Li/c1-3-4-5-6-7-8-9-10-11-12-13-14-15-16-17-18-19-24(28)20-23(2)26(30)31-22-25(29)21-27;1-3-4-5-6-7-8-9-10-11-12-13-14-15-16-17-18-19-22(24)20-21(2)23(25)26;1-3-4-5-6-7-8-9-10-11-12-13-14-15-16-17-18-19-22-20-21(2)23(24)25-22;;;/h4-5,7-8,10-11,13-14,16-19,23-25,27-29H,3,6,9,12,15,20-22H2,1-2H3;4-5,7-8,10-11,13-14,16-19,21-22,24H,3,6,9,12,15,20H2,1-2H3,(H,25,26);4-5,7-8,10-11,13-14,16-19,21-22H,3,6,9,12,15,20H2,1-2H3;2*1H4;/q;;;;;+1/p-1/b3*5-4-,8-7-,11-10-,14-13-,17-16-,19-18+;;;. The molecule has 0 aromatic rings. The van der Waals surface area contributed by atoms with E-state index in [0.717, 1.165) is 103 Å². The van der Waals surface area contributed by atoms with Crippen LogP contribution in [0, 0.1) is 17.8 Å². The minimum absolute atomic E-state index is 0. The summed E-state index contributed by atoms with van der Waals surface area (Å²) in [4.78, 5) is 33.6. The van der Waals surface area contributed by atoms with E-state index >= 15 is 0 Å². The number of aliphatic hydroxyl groups is 4. The van der Waals surface area contributed by atoms with Crippen LogP contribution in [0.25, 0.3) is 0 Å². The Bertz CT molecular complexity index is 2150. The van der Waals surface area contributed by atoms with Gasteiger partial charge in [-0.25, -0.2) is 0 Å². The summed E-state index contributed by atoms with van der Waals surface area (Å²) in [5, 5.41) is 48.0. The fraction of sp³-hybridized carbons (Fsp3) is 0.473. The van der Waals surface area contributed by atoms with Gasteiger partial charge in [-0.15, -0.1) is 0 Å². The molecule has 1 aliphatic heterocycles.